The molecular weight excluding hydrogens is 306 g/mol. The first kappa shape index (κ1) is 15.8. The molecule has 1 aromatic carbocycles. The normalized spacial score (nSPS) is 14.0. The van der Waals surface area contributed by atoms with Gasteiger partial charge in [0.25, 0.3) is 0 Å². The summed E-state index contributed by atoms with van der Waals surface area (Å²) in [5.41, 5.74) is -0.290. The van der Waals surface area contributed by atoms with Crippen molar-refractivity contribution in [3.05, 3.63) is 63.3 Å². The Morgan fingerprint density at radius 3 is 2.81 bits per heavy atom. The number of aliphatic hydroxyl groups is 1. The smallest absolute Gasteiger partial charge is 0.244 e. The van der Waals surface area contributed by atoms with E-state index >= 15 is 0 Å². The first-order valence-corrected chi connectivity index (χ1v) is 7.71. The lowest BCUT2D eigenvalue weighted by atomic mass is 10.1. The minimum absolute atomic E-state index is 0.152. The molecule has 1 atom stereocenters. The number of benzene rings is 1. The monoisotopic (exact) mass is 321 g/mol. The lowest BCUT2D eigenvalue weighted by Gasteiger charge is -2.21. The Labute approximate surface area is 132 Å². The second-order valence-electron chi connectivity index (χ2n) is 4.82. The number of rotatable bonds is 5. The highest BCUT2D eigenvalue weighted by Crippen LogP contribution is 2.24. The Kier molecular flexibility index (Phi) is 5.17. The molecule has 1 unspecified atom stereocenters. The molecule has 21 heavy (non-hydrogen) atoms. The molecule has 3 nitrogen and oxygen atoms in total. The van der Waals surface area contributed by atoms with Crippen LogP contribution in [0.1, 0.15) is 17.4 Å². The van der Waals surface area contributed by atoms with Gasteiger partial charge in [0.1, 0.15) is 5.60 Å². The van der Waals surface area contributed by atoms with E-state index in [-0.39, 0.29) is 12.5 Å². The van der Waals surface area contributed by atoms with E-state index in [2.05, 4.69) is 5.32 Å². The maximum Gasteiger partial charge on any atom is 0.244 e. The summed E-state index contributed by atoms with van der Waals surface area (Å²) in [5.74, 6) is -0.272. The third-order valence-electron chi connectivity index (χ3n) is 2.98. The molecule has 0 saturated heterocycles. The van der Waals surface area contributed by atoms with E-state index in [1.807, 2.05) is 35.7 Å². The van der Waals surface area contributed by atoms with Crippen molar-refractivity contribution in [3.63, 3.8) is 0 Å². The van der Waals surface area contributed by atoms with Gasteiger partial charge in [-0.05, 0) is 36.1 Å². The zero-order valence-corrected chi connectivity index (χ0v) is 13.1. The van der Waals surface area contributed by atoms with Gasteiger partial charge in [-0.25, -0.2) is 0 Å². The van der Waals surface area contributed by atoms with Crippen LogP contribution in [0.5, 0.6) is 0 Å². The number of carbonyl (C=O) groups is 1. The zero-order chi connectivity index (χ0) is 15.3. The Morgan fingerprint density at radius 2 is 2.14 bits per heavy atom. The summed E-state index contributed by atoms with van der Waals surface area (Å²) in [4.78, 5) is 12.6. The Bertz CT molecular complexity index is 635. The second kappa shape index (κ2) is 6.89. The Hall–Kier alpha value is -1.62. The van der Waals surface area contributed by atoms with Crippen molar-refractivity contribution in [1.82, 2.24) is 5.32 Å². The van der Waals surface area contributed by atoms with E-state index in [0.717, 1.165) is 10.4 Å². The largest absolute Gasteiger partial charge is 0.383 e. The average molecular weight is 322 g/mol. The molecule has 0 bridgehead atoms. The first-order chi connectivity index (χ1) is 9.99. The van der Waals surface area contributed by atoms with Gasteiger partial charge in [-0.2, -0.15) is 0 Å². The van der Waals surface area contributed by atoms with Crippen LogP contribution >= 0.6 is 22.9 Å². The van der Waals surface area contributed by atoms with Crippen molar-refractivity contribution in [2.24, 2.45) is 0 Å². The van der Waals surface area contributed by atoms with Crippen LogP contribution in [0.25, 0.3) is 6.08 Å². The highest BCUT2D eigenvalue weighted by Gasteiger charge is 2.24. The molecule has 2 rings (SSSR count). The van der Waals surface area contributed by atoms with Crippen molar-refractivity contribution in [3.8, 4) is 0 Å². The molecule has 1 heterocycles. The van der Waals surface area contributed by atoms with E-state index in [0.29, 0.717) is 5.02 Å². The minimum atomic E-state index is -1.07. The molecule has 2 N–H and O–H groups in total. The van der Waals surface area contributed by atoms with E-state index < -0.39 is 5.60 Å². The molecule has 0 aliphatic rings. The lowest BCUT2D eigenvalue weighted by molar-refractivity contribution is -0.117. The lowest BCUT2D eigenvalue weighted by Crippen LogP contribution is -2.37. The summed E-state index contributed by atoms with van der Waals surface area (Å²) < 4.78 is 0. The van der Waals surface area contributed by atoms with Crippen LogP contribution in [0, 0.1) is 0 Å². The molecule has 0 spiro atoms. The molecule has 0 radical (unpaired) electrons. The minimum Gasteiger partial charge on any atom is -0.383 e. The standard InChI is InChI=1S/C16H16ClNO2S/c1-16(20,14-7-4-10-21-14)11-18-15(19)9-8-12-5-2-3-6-13(12)17/h2-10,20H,11H2,1H3,(H,18,19)/b9-8+. The highest BCUT2D eigenvalue weighted by molar-refractivity contribution is 7.10. The van der Waals surface area contributed by atoms with Crippen LogP contribution in [0.2, 0.25) is 5.02 Å². The number of hydrogen-bond acceptors (Lipinski definition) is 3. The summed E-state index contributed by atoms with van der Waals surface area (Å²) in [5, 5.41) is 15.5. The summed E-state index contributed by atoms with van der Waals surface area (Å²) in [6.07, 6.45) is 3.06. The summed E-state index contributed by atoms with van der Waals surface area (Å²) in [6, 6.07) is 11.0. The number of hydrogen-bond donors (Lipinski definition) is 2. The predicted octanol–water partition coefficient (Wildman–Crippen LogP) is 3.44. The summed E-state index contributed by atoms with van der Waals surface area (Å²) in [6.45, 7) is 1.83. The van der Waals surface area contributed by atoms with Gasteiger partial charge in [-0.3, -0.25) is 4.79 Å². The third kappa shape index (κ3) is 4.43. The number of thiophene rings is 1. The Balaban J connectivity index is 1.92. The van der Waals surface area contributed by atoms with Gasteiger partial charge in [0.2, 0.25) is 5.91 Å². The van der Waals surface area contributed by atoms with E-state index in [9.17, 15) is 9.90 Å². The van der Waals surface area contributed by atoms with E-state index in [1.165, 1.54) is 17.4 Å². The molecule has 0 aliphatic carbocycles. The van der Waals surface area contributed by atoms with Crippen molar-refractivity contribution < 1.29 is 9.90 Å². The molecular formula is C16H16ClNO2S. The molecule has 2 aromatic rings. The van der Waals surface area contributed by atoms with Gasteiger partial charge in [0.05, 0.1) is 6.54 Å². The average Bonchev–Trinajstić information content (AvgIpc) is 2.99. The van der Waals surface area contributed by atoms with Crippen molar-refractivity contribution in [1.29, 1.82) is 0 Å². The molecule has 110 valence electrons. The van der Waals surface area contributed by atoms with E-state index in [1.54, 1.807) is 19.1 Å². The second-order valence-corrected chi connectivity index (χ2v) is 6.18. The zero-order valence-electron chi connectivity index (χ0n) is 11.5. The van der Waals surface area contributed by atoms with Crippen LogP contribution in [0.3, 0.4) is 0 Å². The van der Waals surface area contributed by atoms with Crippen LogP contribution in [-0.2, 0) is 10.4 Å². The van der Waals surface area contributed by atoms with Crippen molar-refractivity contribution in [2.75, 3.05) is 6.54 Å². The molecule has 1 aromatic heterocycles. The van der Waals surface area contributed by atoms with Crippen LogP contribution in [0.15, 0.2) is 47.9 Å². The quantitative estimate of drug-likeness (QED) is 0.829. The number of amides is 1. The Morgan fingerprint density at radius 1 is 1.38 bits per heavy atom. The van der Waals surface area contributed by atoms with Gasteiger partial charge in [-0.15, -0.1) is 11.3 Å². The maximum atomic E-state index is 11.8. The molecule has 0 fully saturated rings. The molecule has 5 heteroatoms. The maximum absolute atomic E-state index is 11.8. The van der Waals surface area contributed by atoms with Gasteiger partial charge in [-0.1, -0.05) is 35.9 Å². The molecule has 0 aliphatic heterocycles. The SMILES string of the molecule is CC(O)(CNC(=O)/C=C/c1ccccc1Cl)c1cccs1. The number of carbonyl (C=O) groups excluding carboxylic acids is 1. The molecule has 0 saturated carbocycles. The number of nitrogens with one attached hydrogen (secondary N) is 1. The fourth-order valence-corrected chi connectivity index (χ4v) is 2.75. The predicted molar refractivity (Wildman–Crippen MR) is 87.4 cm³/mol. The van der Waals surface area contributed by atoms with Gasteiger partial charge in [0.15, 0.2) is 0 Å². The van der Waals surface area contributed by atoms with Crippen LogP contribution in [0.4, 0.5) is 0 Å². The summed E-state index contributed by atoms with van der Waals surface area (Å²) in [7, 11) is 0. The highest BCUT2D eigenvalue weighted by atomic mass is 35.5. The van der Waals surface area contributed by atoms with Gasteiger partial charge < -0.3 is 10.4 Å². The fourth-order valence-electron chi connectivity index (χ4n) is 1.77. The van der Waals surface area contributed by atoms with E-state index in [4.69, 9.17) is 11.6 Å². The van der Waals surface area contributed by atoms with Crippen LogP contribution in [-0.4, -0.2) is 17.6 Å². The fraction of sp³-hybridized carbons (Fsp3) is 0.188. The molecule has 1 amide bonds. The van der Waals surface area contributed by atoms with Gasteiger partial charge >= 0.3 is 0 Å². The topological polar surface area (TPSA) is 49.3 Å². The van der Waals surface area contributed by atoms with Crippen LogP contribution < -0.4 is 5.32 Å². The van der Waals surface area contributed by atoms with Crippen molar-refractivity contribution >= 4 is 34.9 Å². The summed E-state index contributed by atoms with van der Waals surface area (Å²) >= 11 is 7.46. The third-order valence-corrected chi connectivity index (χ3v) is 4.45. The number of halogens is 1. The van der Waals surface area contributed by atoms with Gasteiger partial charge in [0, 0.05) is 16.0 Å². The first-order valence-electron chi connectivity index (χ1n) is 6.46. The van der Waals surface area contributed by atoms with Crippen molar-refractivity contribution in [2.45, 2.75) is 12.5 Å².